The molecule has 0 fully saturated rings. The molecule has 3 aromatic rings. The summed E-state index contributed by atoms with van der Waals surface area (Å²) in [6.07, 6.45) is 3.03. The summed E-state index contributed by atoms with van der Waals surface area (Å²) in [4.78, 5) is 19.9. The lowest BCUT2D eigenvalue weighted by molar-refractivity contribution is 0.102. The van der Waals surface area contributed by atoms with Crippen LogP contribution in [-0.4, -0.2) is 24.3 Å². The standard InChI is InChI=1S/C13H10N4O3S2/c14-22(19,20)13-17-10-6-9(3-4-11(10)21-13)16-12(18)8-2-1-5-15-7-8/h1-7H,(H,16,18)(H2,14,19,20). The number of aromatic nitrogens is 2. The third kappa shape index (κ3) is 2.96. The fourth-order valence-corrected chi connectivity index (χ4v) is 3.44. The molecule has 0 aliphatic heterocycles. The molecule has 0 saturated heterocycles. The number of hydrogen-bond donors (Lipinski definition) is 2. The number of thiazole rings is 1. The molecule has 1 aromatic carbocycles. The molecule has 7 nitrogen and oxygen atoms in total. The molecule has 3 N–H and O–H groups in total. The molecule has 1 amide bonds. The second-order valence-electron chi connectivity index (χ2n) is 4.40. The Hall–Kier alpha value is -2.36. The second-order valence-corrected chi connectivity index (χ2v) is 7.17. The first-order valence-electron chi connectivity index (χ1n) is 6.08. The van der Waals surface area contributed by atoms with Crippen molar-refractivity contribution in [3.8, 4) is 0 Å². The third-order valence-corrected chi connectivity index (χ3v) is 5.15. The van der Waals surface area contributed by atoms with Crippen molar-refractivity contribution in [1.82, 2.24) is 9.97 Å². The van der Waals surface area contributed by atoms with E-state index < -0.39 is 10.0 Å². The molecule has 9 heteroatoms. The first kappa shape index (κ1) is 14.6. The maximum absolute atomic E-state index is 12.0. The van der Waals surface area contributed by atoms with Crippen LogP contribution in [0.4, 0.5) is 5.69 Å². The van der Waals surface area contributed by atoms with Crippen LogP contribution in [0.3, 0.4) is 0 Å². The first-order valence-corrected chi connectivity index (χ1v) is 8.44. The van der Waals surface area contributed by atoms with Crippen molar-refractivity contribution in [1.29, 1.82) is 0 Å². The highest BCUT2D eigenvalue weighted by Gasteiger charge is 2.15. The van der Waals surface area contributed by atoms with Crippen LogP contribution in [0.15, 0.2) is 47.1 Å². The van der Waals surface area contributed by atoms with Gasteiger partial charge in [0.2, 0.25) is 4.34 Å². The van der Waals surface area contributed by atoms with Crippen LogP contribution >= 0.6 is 11.3 Å². The number of sulfonamides is 1. The Kier molecular flexibility index (Phi) is 3.61. The largest absolute Gasteiger partial charge is 0.322 e. The number of primary sulfonamides is 1. The number of carbonyl (C=O) groups excluding carboxylic acids is 1. The van der Waals surface area contributed by atoms with Crippen molar-refractivity contribution in [3.63, 3.8) is 0 Å². The quantitative estimate of drug-likeness (QED) is 0.755. The molecule has 0 saturated carbocycles. The summed E-state index contributed by atoms with van der Waals surface area (Å²) < 4.78 is 23.1. The zero-order chi connectivity index (χ0) is 15.7. The van der Waals surface area contributed by atoms with Crippen LogP contribution in [0.25, 0.3) is 10.2 Å². The molecular formula is C13H10N4O3S2. The maximum atomic E-state index is 12.0. The van der Waals surface area contributed by atoms with Crippen molar-refractivity contribution in [2.75, 3.05) is 5.32 Å². The van der Waals surface area contributed by atoms with Gasteiger partial charge in [0.1, 0.15) is 0 Å². The molecule has 0 aliphatic rings. The summed E-state index contributed by atoms with van der Waals surface area (Å²) in [5.74, 6) is -0.311. The number of hydrogen-bond acceptors (Lipinski definition) is 6. The van der Waals surface area contributed by atoms with Crippen molar-refractivity contribution >= 4 is 43.2 Å². The number of pyridine rings is 1. The van der Waals surface area contributed by atoms with E-state index in [-0.39, 0.29) is 10.2 Å². The highest BCUT2D eigenvalue weighted by atomic mass is 32.2. The molecule has 0 spiro atoms. The van der Waals surface area contributed by atoms with Gasteiger partial charge in [0, 0.05) is 18.1 Å². The molecule has 0 aliphatic carbocycles. The van der Waals surface area contributed by atoms with E-state index in [0.29, 0.717) is 21.5 Å². The molecule has 0 bridgehead atoms. The van der Waals surface area contributed by atoms with E-state index in [9.17, 15) is 13.2 Å². The molecule has 2 heterocycles. The van der Waals surface area contributed by atoms with E-state index in [1.807, 2.05) is 0 Å². The average molecular weight is 334 g/mol. The van der Waals surface area contributed by atoms with E-state index in [0.717, 1.165) is 11.3 Å². The Morgan fingerprint density at radius 3 is 2.77 bits per heavy atom. The molecular weight excluding hydrogens is 324 g/mol. The van der Waals surface area contributed by atoms with E-state index in [2.05, 4.69) is 15.3 Å². The summed E-state index contributed by atoms with van der Waals surface area (Å²) in [7, 11) is -3.83. The van der Waals surface area contributed by atoms with Crippen LogP contribution in [0, 0.1) is 0 Å². The molecule has 22 heavy (non-hydrogen) atoms. The Morgan fingerprint density at radius 2 is 2.09 bits per heavy atom. The first-order chi connectivity index (χ1) is 10.4. The van der Waals surface area contributed by atoms with Gasteiger partial charge in [0.25, 0.3) is 15.9 Å². The Bertz CT molecular complexity index is 952. The van der Waals surface area contributed by atoms with Crippen LogP contribution in [0.5, 0.6) is 0 Å². The molecule has 3 rings (SSSR count). The lowest BCUT2D eigenvalue weighted by Crippen LogP contribution is -2.12. The van der Waals surface area contributed by atoms with Gasteiger partial charge in [-0.25, -0.2) is 18.5 Å². The lowest BCUT2D eigenvalue weighted by Gasteiger charge is -2.04. The fraction of sp³-hybridized carbons (Fsp3) is 0. The predicted octanol–water partition coefficient (Wildman–Crippen LogP) is 1.59. The van der Waals surface area contributed by atoms with Crippen molar-refractivity contribution in [2.24, 2.45) is 5.14 Å². The maximum Gasteiger partial charge on any atom is 0.265 e. The Labute approximate surface area is 129 Å². The summed E-state index contributed by atoms with van der Waals surface area (Å²) in [5.41, 5.74) is 1.39. The summed E-state index contributed by atoms with van der Waals surface area (Å²) in [6, 6.07) is 8.25. The van der Waals surface area contributed by atoms with Gasteiger partial charge < -0.3 is 5.32 Å². The van der Waals surface area contributed by atoms with Crippen LogP contribution in [0.1, 0.15) is 10.4 Å². The smallest absolute Gasteiger partial charge is 0.265 e. The fourth-order valence-electron chi connectivity index (χ4n) is 1.81. The predicted molar refractivity (Wildman–Crippen MR) is 83.2 cm³/mol. The van der Waals surface area contributed by atoms with Crippen molar-refractivity contribution in [2.45, 2.75) is 4.34 Å². The topological polar surface area (TPSA) is 115 Å². The average Bonchev–Trinajstić information content (AvgIpc) is 2.91. The lowest BCUT2D eigenvalue weighted by atomic mass is 10.2. The number of nitrogens with one attached hydrogen (secondary N) is 1. The van der Waals surface area contributed by atoms with Crippen LogP contribution in [0.2, 0.25) is 0 Å². The Morgan fingerprint density at radius 1 is 1.27 bits per heavy atom. The van der Waals surface area contributed by atoms with Gasteiger partial charge in [0.05, 0.1) is 15.8 Å². The molecule has 0 atom stereocenters. The molecule has 0 unspecified atom stereocenters. The molecule has 0 radical (unpaired) electrons. The van der Waals surface area contributed by atoms with Crippen LogP contribution in [-0.2, 0) is 10.0 Å². The number of anilines is 1. The summed E-state index contributed by atoms with van der Waals surface area (Å²) in [6.45, 7) is 0. The highest BCUT2D eigenvalue weighted by Crippen LogP contribution is 2.27. The van der Waals surface area contributed by atoms with Gasteiger partial charge in [-0.1, -0.05) is 0 Å². The number of fused-ring (bicyclic) bond motifs is 1. The zero-order valence-corrected chi connectivity index (χ0v) is 12.7. The number of benzene rings is 1. The van der Waals surface area contributed by atoms with Gasteiger partial charge in [-0.2, -0.15) is 0 Å². The monoisotopic (exact) mass is 334 g/mol. The van der Waals surface area contributed by atoms with E-state index >= 15 is 0 Å². The van der Waals surface area contributed by atoms with Gasteiger partial charge in [-0.15, -0.1) is 11.3 Å². The van der Waals surface area contributed by atoms with Crippen LogP contribution < -0.4 is 10.5 Å². The normalized spacial score (nSPS) is 11.5. The van der Waals surface area contributed by atoms with Gasteiger partial charge in [-0.3, -0.25) is 9.78 Å². The van der Waals surface area contributed by atoms with E-state index in [4.69, 9.17) is 5.14 Å². The number of nitrogens with zero attached hydrogens (tertiary/aromatic N) is 2. The zero-order valence-electron chi connectivity index (χ0n) is 11.1. The van der Waals surface area contributed by atoms with Gasteiger partial charge in [-0.05, 0) is 30.3 Å². The second kappa shape index (κ2) is 5.44. The minimum Gasteiger partial charge on any atom is -0.322 e. The number of carbonyl (C=O) groups is 1. The number of rotatable bonds is 3. The Balaban J connectivity index is 1.91. The SMILES string of the molecule is NS(=O)(=O)c1nc2cc(NC(=O)c3cccnc3)ccc2s1. The van der Waals surface area contributed by atoms with E-state index in [1.54, 1.807) is 36.5 Å². The highest BCUT2D eigenvalue weighted by molar-refractivity contribution is 7.91. The number of nitrogens with two attached hydrogens (primary N) is 1. The summed E-state index contributed by atoms with van der Waals surface area (Å²) in [5, 5.41) is 7.76. The molecule has 112 valence electrons. The van der Waals surface area contributed by atoms with E-state index in [1.165, 1.54) is 6.20 Å². The summed E-state index contributed by atoms with van der Waals surface area (Å²) >= 11 is 0.981. The van der Waals surface area contributed by atoms with Gasteiger partial charge in [0.15, 0.2) is 0 Å². The van der Waals surface area contributed by atoms with Crippen molar-refractivity contribution in [3.05, 3.63) is 48.3 Å². The minimum atomic E-state index is -3.83. The third-order valence-electron chi connectivity index (χ3n) is 2.79. The van der Waals surface area contributed by atoms with Crippen molar-refractivity contribution < 1.29 is 13.2 Å². The minimum absolute atomic E-state index is 0.154. The number of amides is 1. The van der Waals surface area contributed by atoms with Gasteiger partial charge >= 0.3 is 0 Å². The molecule has 2 aromatic heterocycles.